The van der Waals surface area contributed by atoms with Gasteiger partial charge >= 0.3 is 0 Å². The van der Waals surface area contributed by atoms with Gasteiger partial charge in [0.2, 0.25) is 10.0 Å². The Morgan fingerprint density at radius 3 is 2.73 bits per heavy atom. The quantitative estimate of drug-likeness (QED) is 0.806. The van der Waals surface area contributed by atoms with Gasteiger partial charge in [0.15, 0.2) is 0 Å². The van der Waals surface area contributed by atoms with Crippen LogP contribution in [0.25, 0.3) is 0 Å². The summed E-state index contributed by atoms with van der Waals surface area (Å²) < 4.78 is 32.8. The van der Waals surface area contributed by atoms with Crippen molar-refractivity contribution in [3.63, 3.8) is 0 Å². The molecule has 0 aliphatic carbocycles. The van der Waals surface area contributed by atoms with Crippen molar-refractivity contribution < 1.29 is 13.2 Å². The summed E-state index contributed by atoms with van der Waals surface area (Å²) >= 11 is 5.87. The molecular weight excluding hydrogens is 347 g/mol. The Labute approximate surface area is 143 Å². The number of hydrogen-bond acceptors (Lipinski definition) is 4. The van der Waals surface area contributed by atoms with E-state index < -0.39 is 10.0 Å². The van der Waals surface area contributed by atoms with Gasteiger partial charge in [-0.1, -0.05) is 11.6 Å². The van der Waals surface area contributed by atoms with E-state index in [0.29, 0.717) is 23.7 Å². The topological polar surface area (TPSA) is 67.4 Å². The van der Waals surface area contributed by atoms with E-state index in [-0.39, 0.29) is 22.8 Å². The van der Waals surface area contributed by atoms with Crippen molar-refractivity contribution in [1.82, 2.24) is 10.0 Å². The summed E-state index contributed by atoms with van der Waals surface area (Å²) in [6.07, 6.45) is 1.91. The molecule has 1 fully saturated rings. The molecule has 126 valence electrons. The molecule has 0 saturated carbocycles. The van der Waals surface area contributed by atoms with Gasteiger partial charge in [-0.3, -0.25) is 0 Å². The minimum atomic E-state index is -3.56. The zero-order valence-electron chi connectivity index (χ0n) is 12.7. The lowest BCUT2D eigenvalue weighted by molar-refractivity contribution is 0.122. The number of methoxy groups -OCH3 is 1. The van der Waals surface area contributed by atoms with Crippen LogP contribution in [0.3, 0.4) is 0 Å². The molecule has 1 aliphatic heterocycles. The minimum Gasteiger partial charge on any atom is -0.383 e. The van der Waals surface area contributed by atoms with E-state index in [2.05, 4.69) is 10.0 Å². The molecule has 1 aromatic rings. The summed E-state index contributed by atoms with van der Waals surface area (Å²) in [6.45, 7) is 3.41. The smallest absolute Gasteiger partial charge is 0.240 e. The molecule has 1 unspecified atom stereocenters. The lowest BCUT2D eigenvalue weighted by atomic mass is 9.99. The van der Waals surface area contributed by atoms with Gasteiger partial charge in [0.1, 0.15) is 0 Å². The van der Waals surface area contributed by atoms with E-state index in [4.69, 9.17) is 16.3 Å². The molecule has 1 aliphatic rings. The van der Waals surface area contributed by atoms with Crippen molar-refractivity contribution in [2.75, 3.05) is 26.8 Å². The normalized spacial score (nSPS) is 21.6. The van der Waals surface area contributed by atoms with Crippen LogP contribution in [0.15, 0.2) is 23.1 Å². The van der Waals surface area contributed by atoms with Gasteiger partial charge < -0.3 is 10.1 Å². The van der Waals surface area contributed by atoms with Crippen molar-refractivity contribution in [1.29, 1.82) is 0 Å². The number of nitrogens with one attached hydrogen (secondary N) is 2. The summed E-state index contributed by atoms with van der Waals surface area (Å²) in [7, 11) is -1.93. The highest BCUT2D eigenvalue weighted by Crippen LogP contribution is 2.22. The maximum absolute atomic E-state index is 12.4. The van der Waals surface area contributed by atoms with Gasteiger partial charge in [0, 0.05) is 18.7 Å². The Bertz CT molecular complexity index is 602. The third-order valence-corrected chi connectivity index (χ3v) is 5.58. The number of rotatable bonds is 6. The summed E-state index contributed by atoms with van der Waals surface area (Å²) in [5, 5.41) is 3.87. The van der Waals surface area contributed by atoms with Crippen molar-refractivity contribution in [2.45, 2.75) is 30.2 Å². The Morgan fingerprint density at radius 2 is 2.18 bits per heavy atom. The highest BCUT2D eigenvalue weighted by molar-refractivity contribution is 7.89. The van der Waals surface area contributed by atoms with Crippen LogP contribution in [0.2, 0.25) is 5.02 Å². The lowest BCUT2D eigenvalue weighted by Crippen LogP contribution is -2.52. The fourth-order valence-corrected chi connectivity index (χ4v) is 4.27. The predicted molar refractivity (Wildman–Crippen MR) is 90.5 cm³/mol. The predicted octanol–water partition coefficient (Wildman–Crippen LogP) is 2.12. The van der Waals surface area contributed by atoms with Crippen LogP contribution in [-0.4, -0.2) is 40.8 Å². The van der Waals surface area contributed by atoms with E-state index in [9.17, 15) is 8.42 Å². The molecule has 1 aromatic carbocycles. The standard InChI is InChI=1S/C14H21ClN2O3S.ClH/c1-11-8-12(15)4-5-13(11)21(18,19)17-9-14(10-20-2)6-3-7-16-14;/h4-5,8,16-17H,3,6-7,9-10H2,1-2H3;1H. The Balaban J connectivity index is 0.00000242. The molecule has 0 radical (unpaired) electrons. The largest absolute Gasteiger partial charge is 0.383 e. The molecule has 0 amide bonds. The van der Waals surface area contributed by atoms with Crippen LogP contribution in [0, 0.1) is 6.92 Å². The summed E-state index contributed by atoms with van der Waals surface area (Å²) in [5.74, 6) is 0. The first-order chi connectivity index (χ1) is 9.88. The molecule has 1 atom stereocenters. The molecule has 1 heterocycles. The zero-order chi connectivity index (χ0) is 15.5. The zero-order valence-corrected chi connectivity index (χ0v) is 15.1. The first kappa shape index (κ1) is 19.7. The molecule has 0 spiro atoms. The third kappa shape index (κ3) is 4.57. The summed E-state index contributed by atoms with van der Waals surface area (Å²) in [6, 6.07) is 4.77. The Kier molecular flexibility index (Phi) is 7.11. The molecule has 1 saturated heterocycles. The number of sulfonamides is 1. The van der Waals surface area contributed by atoms with Crippen molar-refractivity contribution in [2.24, 2.45) is 0 Å². The Hall–Kier alpha value is -0.370. The minimum absolute atomic E-state index is 0. The van der Waals surface area contributed by atoms with Gasteiger partial charge in [0.25, 0.3) is 0 Å². The fraction of sp³-hybridized carbons (Fsp3) is 0.571. The number of hydrogen-bond donors (Lipinski definition) is 2. The summed E-state index contributed by atoms with van der Waals surface area (Å²) in [4.78, 5) is 0.262. The van der Waals surface area contributed by atoms with Crippen molar-refractivity contribution >= 4 is 34.0 Å². The highest BCUT2D eigenvalue weighted by Gasteiger charge is 2.35. The second-order valence-electron chi connectivity index (χ2n) is 5.48. The monoisotopic (exact) mass is 368 g/mol. The highest BCUT2D eigenvalue weighted by atomic mass is 35.5. The van der Waals surface area contributed by atoms with Crippen LogP contribution in [0.4, 0.5) is 0 Å². The molecule has 0 aromatic heterocycles. The SMILES string of the molecule is COCC1(CNS(=O)(=O)c2ccc(Cl)cc2C)CCCN1.Cl. The first-order valence-corrected chi connectivity index (χ1v) is 8.74. The molecule has 5 nitrogen and oxygen atoms in total. The van der Waals surface area contributed by atoms with Gasteiger partial charge in [-0.05, 0) is 50.1 Å². The molecule has 22 heavy (non-hydrogen) atoms. The van der Waals surface area contributed by atoms with Crippen LogP contribution >= 0.6 is 24.0 Å². The maximum atomic E-state index is 12.4. The molecule has 8 heteroatoms. The molecule has 2 rings (SSSR count). The average Bonchev–Trinajstić information content (AvgIpc) is 2.86. The maximum Gasteiger partial charge on any atom is 0.240 e. The average molecular weight is 369 g/mol. The van der Waals surface area contributed by atoms with Crippen molar-refractivity contribution in [3.05, 3.63) is 28.8 Å². The van der Waals surface area contributed by atoms with Gasteiger partial charge in [-0.2, -0.15) is 0 Å². The number of ether oxygens (including phenoxy) is 1. The molecule has 0 bridgehead atoms. The second kappa shape index (κ2) is 7.95. The van der Waals surface area contributed by atoms with Crippen LogP contribution in [0.5, 0.6) is 0 Å². The van der Waals surface area contributed by atoms with E-state index in [1.807, 2.05) is 0 Å². The second-order valence-corrected chi connectivity index (χ2v) is 7.65. The van der Waals surface area contributed by atoms with Crippen LogP contribution in [-0.2, 0) is 14.8 Å². The summed E-state index contributed by atoms with van der Waals surface area (Å²) in [5.41, 5.74) is 0.317. The number of aryl methyl sites for hydroxylation is 1. The van der Waals surface area contributed by atoms with Crippen LogP contribution < -0.4 is 10.0 Å². The van der Waals surface area contributed by atoms with Gasteiger partial charge in [-0.25, -0.2) is 13.1 Å². The molecular formula is C14H22Cl2N2O3S. The van der Waals surface area contributed by atoms with Crippen LogP contribution in [0.1, 0.15) is 18.4 Å². The van der Waals surface area contributed by atoms with E-state index >= 15 is 0 Å². The Morgan fingerprint density at radius 1 is 1.45 bits per heavy atom. The van der Waals surface area contributed by atoms with E-state index in [0.717, 1.165) is 19.4 Å². The number of benzene rings is 1. The molecule has 2 N–H and O–H groups in total. The van der Waals surface area contributed by atoms with Gasteiger partial charge in [0.05, 0.1) is 17.0 Å². The van der Waals surface area contributed by atoms with E-state index in [1.54, 1.807) is 26.2 Å². The number of halogens is 2. The first-order valence-electron chi connectivity index (χ1n) is 6.88. The van der Waals surface area contributed by atoms with Gasteiger partial charge in [-0.15, -0.1) is 12.4 Å². The third-order valence-electron chi connectivity index (χ3n) is 3.78. The van der Waals surface area contributed by atoms with E-state index in [1.165, 1.54) is 6.07 Å². The lowest BCUT2D eigenvalue weighted by Gasteiger charge is -2.29. The fourth-order valence-electron chi connectivity index (χ4n) is 2.70. The van der Waals surface area contributed by atoms with Crippen molar-refractivity contribution in [3.8, 4) is 0 Å².